The van der Waals surface area contributed by atoms with Crippen molar-refractivity contribution in [1.82, 2.24) is 4.90 Å². The largest absolute Gasteiger partial charge is 0.478 e. The Morgan fingerprint density at radius 3 is 2.64 bits per heavy atom. The average molecular weight is 503 g/mol. The second-order valence-corrected chi connectivity index (χ2v) is 10.7. The Labute approximate surface area is 217 Å². The molecule has 0 bridgehead atoms. The lowest BCUT2D eigenvalue weighted by atomic mass is 9.94. The number of anilines is 1. The normalized spacial score (nSPS) is 17.7. The van der Waals surface area contributed by atoms with Crippen molar-refractivity contribution in [3.8, 4) is 16.9 Å². The van der Waals surface area contributed by atoms with E-state index < -0.39 is 6.10 Å². The number of hydrogen-bond acceptors (Lipinski definition) is 3. The molecule has 36 heavy (non-hydrogen) atoms. The number of carbonyl (C=O) groups excluding carboxylic acids is 2. The quantitative estimate of drug-likeness (QED) is 0.374. The van der Waals surface area contributed by atoms with Crippen LogP contribution in [0, 0.1) is 18.8 Å². The van der Waals surface area contributed by atoms with E-state index in [0.29, 0.717) is 48.4 Å². The van der Waals surface area contributed by atoms with Crippen LogP contribution in [0.4, 0.5) is 5.69 Å². The molecule has 2 aliphatic heterocycles. The van der Waals surface area contributed by atoms with Crippen molar-refractivity contribution < 1.29 is 14.3 Å². The minimum atomic E-state index is -0.549. The lowest BCUT2D eigenvalue weighted by molar-refractivity contribution is -0.132. The first-order chi connectivity index (χ1) is 17.2. The van der Waals surface area contributed by atoms with Crippen molar-refractivity contribution in [3.63, 3.8) is 0 Å². The zero-order valence-corrected chi connectivity index (χ0v) is 21.7. The molecule has 186 valence electrons. The number of carbonyl (C=O) groups is 2. The summed E-state index contributed by atoms with van der Waals surface area (Å²) in [6.07, 6.45) is 1.42. The zero-order chi connectivity index (χ0) is 25.6. The maximum absolute atomic E-state index is 13.5. The molecule has 3 aromatic carbocycles. The number of benzene rings is 3. The number of ether oxygens (including phenoxy) is 1. The van der Waals surface area contributed by atoms with Crippen LogP contribution in [0.15, 0.2) is 61.2 Å². The third-order valence-corrected chi connectivity index (χ3v) is 7.33. The summed E-state index contributed by atoms with van der Waals surface area (Å²) >= 11 is 6.89. The van der Waals surface area contributed by atoms with Gasteiger partial charge >= 0.3 is 0 Å². The van der Waals surface area contributed by atoms with Crippen LogP contribution in [0.2, 0.25) is 5.02 Å². The number of nitrogens with zero attached hydrogens (tertiary/aromatic N) is 2. The summed E-state index contributed by atoms with van der Waals surface area (Å²) in [6.45, 7) is 11.6. The Morgan fingerprint density at radius 2 is 1.92 bits per heavy atom. The van der Waals surface area contributed by atoms with Crippen LogP contribution in [0.3, 0.4) is 0 Å². The van der Waals surface area contributed by atoms with E-state index in [1.807, 2.05) is 29.2 Å². The van der Waals surface area contributed by atoms with Crippen molar-refractivity contribution in [2.75, 3.05) is 24.5 Å². The third-order valence-electron chi connectivity index (χ3n) is 7.02. The van der Waals surface area contributed by atoms with E-state index >= 15 is 0 Å². The maximum Gasteiger partial charge on any atom is 0.268 e. The molecule has 2 heterocycles. The Balaban J connectivity index is 1.54. The molecule has 3 aromatic rings. The Kier molecular flexibility index (Phi) is 6.52. The second-order valence-electron chi connectivity index (χ2n) is 10.3. The molecular weight excluding hydrogens is 472 g/mol. The molecule has 2 amide bonds. The van der Waals surface area contributed by atoms with E-state index in [-0.39, 0.29) is 17.7 Å². The van der Waals surface area contributed by atoms with Gasteiger partial charge in [0, 0.05) is 31.1 Å². The van der Waals surface area contributed by atoms with Crippen LogP contribution in [0.25, 0.3) is 21.9 Å². The molecular formula is C30H31ClN2O3. The maximum atomic E-state index is 13.5. The molecule has 1 saturated heterocycles. The highest BCUT2D eigenvalue weighted by molar-refractivity contribution is 6.34. The molecule has 0 N–H and O–H groups in total. The Morgan fingerprint density at radius 1 is 1.17 bits per heavy atom. The summed E-state index contributed by atoms with van der Waals surface area (Å²) in [5, 5.41) is 2.85. The summed E-state index contributed by atoms with van der Waals surface area (Å²) in [7, 11) is 0. The van der Waals surface area contributed by atoms with Crippen molar-refractivity contribution in [1.29, 1.82) is 0 Å². The summed E-state index contributed by atoms with van der Waals surface area (Å²) in [5.74, 6) is 1.05. The minimum Gasteiger partial charge on any atom is -0.478 e. The van der Waals surface area contributed by atoms with Crippen LogP contribution in [0.5, 0.6) is 5.75 Å². The zero-order valence-electron chi connectivity index (χ0n) is 21.0. The molecule has 0 spiro atoms. The topological polar surface area (TPSA) is 49.9 Å². The molecule has 5 rings (SSSR count). The lowest BCUT2D eigenvalue weighted by Gasteiger charge is -2.43. The van der Waals surface area contributed by atoms with Gasteiger partial charge in [-0.1, -0.05) is 68.4 Å². The SMILES string of the molecule is C=CC(=O)N1CC(CN2C(=O)C(CC(C)C)Oc3cc(-c4cc(C)cc5ccccc45)c(Cl)cc32)C1. The predicted molar refractivity (Wildman–Crippen MR) is 146 cm³/mol. The fourth-order valence-electron chi connectivity index (χ4n) is 5.25. The Hall–Kier alpha value is -3.31. The summed E-state index contributed by atoms with van der Waals surface area (Å²) in [5.41, 5.74) is 3.78. The number of rotatable bonds is 6. The first-order valence-corrected chi connectivity index (χ1v) is 12.9. The highest BCUT2D eigenvalue weighted by Crippen LogP contribution is 2.44. The minimum absolute atomic E-state index is 0.0467. The van der Waals surface area contributed by atoms with Gasteiger partial charge in [0.05, 0.1) is 10.7 Å². The number of amides is 2. The number of aryl methyl sites for hydroxylation is 1. The van der Waals surface area contributed by atoms with Gasteiger partial charge in [0.25, 0.3) is 5.91 Å². The van der Waals surface area contributed by atoms with Gasteiger partial charge in [-0.2, -0.15) is 0 Å². The first kappa shape index (κ1) is 24.4. The van der Waals surface area contributed by atoms with Gasteiger partial charge in [-0.15, -0.1) is 0 Å². The molecule has 0 saturated carbocycles. The fraction of sp³-hybridized carbons (Fsp3) is 0.333. The number of hydrogen-bond donors (Lipinski definition) is 0. The predicted octanol–water partition coefficient (Wildman–Crippen LogP) is 6.25. The summed E-state index contributed by atoms with van der Waals surface area (Å²) in [6, 6.07) is 16.4. The Bertz CT molecular complexity index is 1360. The van der Waals surface area contributed by atoms with E-state index in [9.17, 15) is 9.59 Å². The standard InChI is InChI=1S/C30H31ClN2O3/c1-5-29(34)32-15-20(16-32)17-33-26-14-25(31)24(13-27(26)36-28(30(33)35)10-18(2)3)23-12-19(4)11-21-8-6-7-9-22(21)23/h5-9,11-14,18,20,28H,1,10,15-17H2,2-4H3. The molecule has 1 atom stereocenters. The van der Waals surface area contributed by atoms with Crippen LogP contribution in [0.1, 0.15) is 25.8 Å². The van der Waals surface area contributed by atoms with Gasteiger partial charge in [0.2, 0.25) is 5.91 Å². The van der Waals surface area contributed by atoms with Crippen LogP contribution in [-0.2, 0) is 9.59 Å². The molecule has 0 aliphatic carbocycles. The van der Waals surface area contributed by atoms with Gasteiger partial charge in [-0.3, -0.25) is 9.59 Å². The molecule has 6 heteroatoms. The molecule has 2 aliphatic rings. The number of likely N-dealkylation sites (tertiary alicyclic amines) is 1. The second kappa shape index (κ2) is 9.62. The van der Waals surface area contributed by atoms with Crippen molar-refractivity contribution >= 4 is 39.9 Å². The van der Waals surface area contributed by atoms with E-state index in [1.54, 1.807) is 4.90 Å². The van der Waals surface area contributed by atoms with E-state index in [2.05, 4.69) is 51.6 Å². The van der Waals surface area contributed by atoms with Gasteiger partial charge in [-0.05, 0) is 59.4 Å². The van der Waals surface area contributed by atoms with Crippen LogP contribution < -0.4 is 9.64 Å². The summed E-state index contributed by atoms with van der Waals surface area (Å²) < 4.78 is 6.33. The van der Waals surface area contributed by atoms with E-state index in [0.717, 1.165) is 27.5 Å². The third kappa shape index (κ3) is 4.48. The number of fused-ring (bicyclic) bond motifs is 2. The summed E-state index contributed by atoms with van der Waals surface area (Å²) in [4.78, 5) is 29.0. The van der Waals surface area contributed by atoms with Gasteiger partial charge in [-0.25, -0.2) is 0 Å². The smallest absolute Gasteiger partial charge is 0.268 e. The van der Waals surface area contributed by atoms with E-state index in [1.165, 1.54) is 6.08 Å². The number of halogens is 1. The van der Waals surface area contributed by atoms with Crippen LogP contribution >= 0.6 is 11.6 Å². The highest BCUT2D eigenvalue weighted by Gasteiger charge is 2.39. The highest BCUT2D eigenvalue weighted by atomic mass is 35.5. The molecule has 0 aromatic heterocycles. The molecule has 1 unspecified atom stereocenters. The van der Waals surface area contributed by atoms with Crippen molar-refractivity contribution in [2.24, 2.45) is 11.8 Å². The van der Waals surface area contributed by atoms with Crippen molar-refractivity contribution in [2.45, 2.75) is 33.3 Å². The van der Waals surface area contributed by atoms with Crippen LogP contribution in [-0.4, -0.2) is 42.5 Å². The van der Waals surface area contributed by atoms with Gasteiger partial charge in [0.1, 0.15) is 5.75 Å². The average Bonchev–Trinajstić information content (AvgIpc) is 2.81. The molecule has 1 fully saturated rings. The van der Waals surface area contributed by atoms with Crippen molar-refractivity contribution in [3.05, 3.63) is 71.8 Å². The first-order valence-electron chi connectivity index (χ1n) is 12.5. The molecule has 0 radical (unpaired) electrons. The fourth-order valence-corrected chi connectivity index (χ4v) is 5.51. The van der Waals surface area contributed by atoms with E-state index in [4.69, 9.17) is 16.3 Å². The molecule has 5 nitrogen and oxygen atoms in total. The lowest BCUT2D eigenvalue weighted by Crippen LogP contribution is -2.56. The van der Waals surface area contributed by atoms with Gasteiger partial charge < -0.3 is 14.5 Å². The van der Waals surface area contributed by atoms with Gasteiger partial charge in [0.15, 0.2) is 6.10 Å². The monoisotopic (exact) mass is 502 g/mol.